The minimum absolute atomic E-state index is 0.0164. The Kier molecular flexibility index (Phi) is 7.22. The fraction of sp³-hybridized carbons (Fsp3) is 0.345. The first-order valence-corrected chi connectivity index (χ1v) is 12.6. The molecule has 4 nitrogen and oxygen atoms in total. The normalized spacial score (nSPS) is 17.0. The monoisotopic (exact) mass is 548 g/mol. The van der Waals surface area contributed by atoms with Crippen LogP contribution in [0.3, 0.4) is 0 Å². The molecule has 2 fully saturated rings. The lowest BCUT2D eigenvalue weighted by Crippen LogP contribution is -2.54. The van der Waals surface area contributed by atoms with E-state index in [1.165, 1.54) is 24.3 Å². The third-order valence-corrected chi connectivity index (χ3v) is 6.96. The number of hydrogen-bond acceptors (Lipinski definition) is 2. The van der Waals surface area contributed by atoms with E-state index in [0.29, 0.717) is 17.2 Å². The average molecular weight is 549 g/mol. The predicted molar refractivity (Wildman–Crippen MR) is 132 cm³/mol. The first-order chi connectivity index (χ1) is 18.6. The van der Waals surface area contributed by atoms with E-state index in [0.717, 1.165) is 37.8 Å². The molecule has 3 aromatic carbocycles. The van der Waals surface area contributed by atoms with Gasteiger partial charge in [-0.05, 0) is 66.6 Å². The number of halogens is 6. The largest absolute Gasteiger partial charge is 0.461 e. The summed E-state index contributed by atoms with van der Waals surface area (Å²) in [4.78, 5) is 15.6. The maximum Gasteiger partial charge on any atom is 0.461 e. The van der Waals surface area contributed by atoms with Crippen molar-refractivity contribution in [1.82, 2.24) is 10.2 Å². The first-order valence-electron chi connectivity index (χ1n) is 12.6. The number of ether oxygens (including phenoxy) is 1. The molecular weight excluding hydrogens is 522 g/mol. The van der Waals surface area contributed by atoms with Gasteiger partial charge in [0, 0.05) is 24.6 Å². The van der Waals surface area contributed by atoms with Gasteiger partial charge < -0.3 is 15.0 Å². The van der Waals surface area contributed by atoms with Crippen molar-refractivity contribution in [1.29, 1.82) is 0 Å². The van der Waals surface area contributed by atoms with Crippen LogP contribution in [-0.4, -0.2) is 35.5 Å². The van der Waals surface area contributed by atoms with Crippen molar-refractivity contribution >= 4 is 6.03 Å². The SMILES string of the molecule is O=C(NC(Cc1ccccc1)(c1ccc(F)cc1)c1cc(F)cc(OC(F)(F)C(F)F)c1)N(C1CC1)C1CC1. The van der Waals surface area contributed by atoms with E-state index in [1.807, 2.05) is 0 Å². The number of carbonyl (C=O) groups excluding carboxylic acids is 1. The van der Waals surface area contributed by atoms with E-state index in [-0.39, 0.29) is 24.1 Å². The zero-order valence-electron chi connectivity index (χ0n) is 20.7. The minimum atomic E-state index is -4.87. The van der Waals surface area contributed by atoms with Crippen LogP contribution in [0, 0.1) is 11.6 Å². The standard InChI is InChI=1S/C29H26F6N2O2/c30-21-8-6-19(7-9-21)28(17-18-4-2-1-3-5-18,36-27(38)37(23-10-11-23)24-12-13-24)20-14-22(31)16-25(15-20)39-29(34,35)26(32)33/h1-9,14-16,23-24,26H,10-13,17H2,(H,36,38). The van der Waals surface area contributed by atoms with Gasteiger partial charge in [0.1, 0.15) is 17.4 Å². The zero-order valence-corrected chi connectivity index (χ0v) is 20.7. The van der Waals surface area contributed by atoms with E-state index in [2.05, 4.69) is 10.1 Å². The molecule has 0 aliphatic heterocycles. The van der Waals surface area contributed by atoms with Crippen molar-refractivity contribution < 1.29 is 35.9 Å². The third-order valence-electron chi connectivity index (χ3n) is 6.96. The number of urea groups is 1. The van der Waals surface area contributed by atoms with Gasteiger partial charge in [0.25, 0.3) is 0 Å². The molecule has 1 atom stereocenters. The summed E-state index contributed by atoms with van der Waals surface area (Å²) in [5.41, 5.74) is -0.604. The van der Waals surface area contributed by atoms with Crippen LogP contribution >= 0.6 is 0 Å². The van der Waals surface area contributed by atoms with Gasteiger partial charge in [0.2, 0.25) is 0 Å². The minimum Gasteiger partial charge on any atom is -0.428 e. The van der Waals surface area contributed by atoms with Crippen molar-refractivity contribution in [2.75, 3.05) is 0 Å². The highest BCUT2D eigenvalue weighted by Crippen LogP contribution is 2.41. The first kappa shape index (κ1) is 26.9. The smallest absolute Gasteiger partial charge is 0.428 e. The number of carbonyl (C=O) groups is 1. The van der Waals surface area contributed by atoms with Gasteiger partial charge in [-0.15, -0.1) is 0 Å². The summed E-state index contributed by atoms with van der Waals surface area (Å²) < 4.78 is 86.5. The number of benzene rings is 3. The topological polar surface area (TPSA) is 41.6 Å². The quantitative estimate of drug-likeness (QED) is 0.277. The Bertz CT molecular complexity index is 1300. The molecule has 0 spiro atoms. The van der Waals surface area contributed by atoms with E-state index < -0.39 is 41.5 Å². The molecule has 0 radical (unpaired) electrons. The molecule has 39 heavy (non-hydrogen) atoms. The van der Waals surface area contributed by atoms with Crippen molar-refractivity contribution in [2.45, 2.75) is 62.3 Å². The molecule has 2 saturated carbocycles. The van der Waals surface area contributed by atoms with Crippen LogP contribution < -0.4 is 10.1 Å². The summed E-state index contributed by atoms with van der Waals surface area (Å²) >= 11 is 0. The summed E-state index contributed by atoms with van der Waals surface area (Å²) in [5.74, 6) is -2.44. The molecule has 0 bridgehead atoms. The summed E-state index contributed by atoms with van der Waals surface area (Å²) in [7, 11) is 0. The molecule has 0 saturated heterocycles. The fourth-order valence-corrected chi connectivity index (χ4v) is 4.85. The Labute approximate surface area is 221 Å². The second-order valence-corrected chi connectivity index (χ2v) is 10.0. The van der Waals surface area contributed by atoms with Crippen LogP contribution in [-0.2, 0) is 12.0 Å². The van der Waals surface area contributed by atoms with Crippen LogP contribution in [0.5, 0.6) is 5.75 Å². The number of nitrogens with one attached hydrogen (secondary N) is 1. The molecule has 1 N–H and O–H groups in total. The van der Waals surface area contributed by atoms with E-state index in [9.17, 15) is 31.1 Å². The lowest BCUT2D eigenvalue weighted by atomic mass is 9.77. The number of amides is 2. The van der Waals surface area contributed by atoms with Crippen LogP contribution in [0.25, 0.3) is 0 Å². The third kappa shape index (κ3) is 5.99. The Morgan fingerprint density at radius 1 is 0.872 bits per heavy atom. The van der Waals surface area contributed by atoms with E-state index in [1.54, 1.807) is 35.2 Å². The summed E-state index contributed by atoms with van der Waals surface area (Å²) in [5, 5.41) is 3.02. The van der Waals surface area contributed by atoms with E-state index >= 15 is 0 Å². The second-order valence-electron chi connectivity index (χ2n) is 10.0. The molecule has 2 amide bonds. The molecule has 0 heterocycles. The highest BCUT2D eigenvalue weighted by Gasteiger charge is 2.47. The average Bonchev–Trinajstić information content (AvgIpc) is 3.81. The Morgan fingerprint density at radius 2 is 1.49 bits per heavy atom. The maximum atomic E-state index is 14.9. The number of hydrogen-bond donors (Lipinski definition) is 1. The lowest BCUT2D eigenvalue weighted by molar-refractivity contribution is -0.253. The lowest BCUT2D eigenvalue weighted by Gasteiger charge is -2.39. The Balaban J connectivity index is 1.66. The van der Waals surface area contributed by atoms with Gasteiger partial charge in [0.15, 0.2) is 0 Å². The van der Waals surface area contributed by atoms with Crippen LogP contribution in [0.2, 0.25) is 0 Å². The highest BCUT2D eigenvalue weighted by atomic mass is 19.3. The molecule has 3 aromatic rings. The number of alkyl halides is 4. The van der Waals surface area contributed by atoms with Crippen molar-refractivity contribution in [3.05, 3.63) is 101 Å². The van der Waals surface area contributed by atoms with Gasteiger partial charge in [-0.2, -0.15) is 17.6 Å². The van der Waals surface area contributed by atoms with Gasteiger partial charge in [-0.25, -0.2) is 13.6 Å². The van der Waals surface area contributed by atoms with Gasteiger partial charge in [-0.1, -0.05) is 42.5 Å². The van der Waals surface area contributed by atoms with Crippen LogP contribution in [0.4, 0.5) is 31.1 Å². The molecule has 2 aliphatic carbocycles. The Morgan fingerprint density at radius 3 is 2.05 bits per heavy atom. The van der Waals surface area contributed by atoms with Gasteiger partial charge >= 0.3 is 18.6 Å². The second kappa shape index (κ2) is 10.5. The van der Waals surface area contributed by atoms with Crippen LogP contribution in [0.15, 0.2) is 72.8 Å². The molecular formula is C29H26F6N2O2. The van der Waals surface area contributed by atoms with E-state index in [4.69, 9.17) is 0 Å². The van der Waals surface area contributed by atoms with Crippen molar-refractivity contribution in [3.8, 4) is 5.75 Å². The molecule has 2 aliphatic rings. The highest BCUT2D eigenvalue weighted by molar-refractivity contribution is 5.78. The molecule has 0 aromatic heterocycles. The van der Waals surface area contributed by atoms with Crippen LogP contribution in [0.1, 0.15) is 42.4 Å². The number of rotatable bonds is 10. The summed E-state index contributed by atoms with van der Waals surface area (Å²) in [6.07, 6.45) is -5.65. The van der Waals surface area contributed by atoms with Crippen molar-refractivity contribution in [2.24, 2.45) is 0 Å². The molecule has 206 valence electrons. The van der Waals surface area contributed by atoms with Crippen molar-refractivity contribution in [3.63, 3.8) is 0 Å². The molecule has 10 heteroatoms. The predicted octanol–water partition coefficient (Wildman–Crippen LogP) is 7.02. The van der Waals surface area contributed by atoms with Gasteiger partial charge in [0.05, 0.1) is 5.54 Å². The maximum absolute atomic E-state index is 14.9. The fourth-order valence-electron chi connectivity index (χ4n) is 4.85. The summed E-state index contributed by atoms with van der Waals surface area (Å²) in [6.45, 7) is 0. The summed E-state index contributed by atoms with van der Waals surface area (Å²) in [6, 6.07) is 16.3. The number of nitrogens with zero attached hydrogens (tertiary/aromatic N) is 1. The molecule has 1 unspecified atom stereocenters. The Hall–Kier alpha value is -3.69. The van der Waals surface area contributed by atoms with Gasteiger partial charge in [-0.3, -0.25) is 0 Å². The zero-order chi connectivity index (χ0) is 27.8. The molecule has 5 rings (SSSR count).